The molecule has 1 fully saturated rings. The topological polar surface area (TPSA) is 85.6 Å². The van der Waals surface area contributed by atoms with E-state index in [9.17, 15) is 9.90 Å². The second-order valence-electron chi connectivity index (χ2n) is 7.87. The van der Waals surface area contributed by atoms with E-state index in [0.717, 1.165) is 37.2 Å². The Bertz CT molecular complexity index is 881. The first-order valence-corrected chi connectivity index (χ1v) is 10.3. The Labute approximate surface area is 178 Å². The number of nitrogens with one attached hydrogen (secondary N) is 1. The summed E-state index contributed by atoms with van der Waals surface area (Å²) in [5.74, 6) is -0.362. The SMILES string of the molecule is COC(=O)c1ccc(N(C)C(CCc2ccc(C#N)cc2)C2(O)CCNCC2)cc1. The summed E-state index contributed by atoms with van der Waals surface area (Å²) in [7, 11) is 3.37. The van der Waals surface area contributed by atoms with Crippen molar-refractivity contribution in [2.45, 2.75) is 37.3 Å². The van der Waals surface area contributed by atoms with Crippen molar-refractivity contribution in [1.29, 1.82) is 5.26 Å². The minimum atomic E-state index is -0.798. The molecule has 0 amide bonds. The molecule has 0 aromatic heterocycles. The van der Waals surface area contributed by atoms with Crippen LogP contribution in [0.4, 0.5) is 5.69 Å². The number of esters is 1. The Kier molecular flexibility index (Phi) is 7.09. The maximum atomic E-state index is 11.7. The van der Waals surface area contributed by atoms with Gasteiger partial charge in [-0.1, -0.05) is 12.1 Å². The number of anilines is 1. The molecule has 1 atom stereocenters. The molecular formula is C24H29N3O3. The average Bonchev–Trinajstić information content (AvgIpc) is 2.79. The number of piperidine rings is 1. The van der Waals surface area contributed by atoms with Crippen LogP contribution >= 0.6 is 0 Å². The van der Waals surface area contributed by atoms with Crippen molar-refractivity contribution in [2.75, 3.05) is 32.1 Å². The summed E-state index contributed by atoms with van der Waals surface area (Å²) in [5, 5.41) is 23.8. The van der Waals surface area contributed by atoms with Crippen LogP contribution < -0.4 is 10.2 Å². The van der Waals surface area contributed by atoms with Crippen LogP contribution in [0.15, 0.2) is 48.5 Å². The van der Waals surface area contributed by atoms with Gasteiger partial charge in [-0.3, -0.25) is 0 Å². The van der Waals surface area contributed by atoms with Crippen molar-refractivity contribution in [3.8, 4) is 6.07 Å². The zero-order valence-corrected chi connectivity index (χ0v) is 17.6. The predicted octanol–water partition coefficient (Wildman–Crippen LogP) is 2.90. The lowest BCUT2D eigenvalue weighted by atomic mass is 9.81. The first kappa shape index (κ1) is 21.8. The van der Waals surface area contributed by atoms with Gasteiger partial charge in [0.2, 0.25) is 0 Å². The molecule has 0 saturated carbocycles. The van der Waals surface area contributed by atoms with Crippen LogP contribution in [0, 0.1) is 11.3 Å². The molecule has 0 spiro atoms. The van der Waals surface area contributed by atoms with Crippen LogP contribution in [0.2, 0.25) is 0 Å². The molecule has 2 N–H and O–H groups in total. The molecule has 0 aliphatic carbocycles. The third kappa shape index (κ3) is 4.99. The van der Waals surface area contributed by atoms with Gasteiger partial charge in [0.05, 0.1) is 35.9 Å². The fourth-order valence-corrected chi connectivity index (χ4v) is 4.20. The molecule has 30 heavy (non-hydrogen) atoms. The zero-order chi connectivity index (χ0) is 21.6. The Morgan fingerprint density at radius 3 is 2.40 bits per heavy atom. The number of carbonyl (C=O) groups excluding carboxylic acids is 1. The van der Waals surface area contributed by atoms with E-state index >= 15 is 0 Å². The van der Waals surface area contributed by atoms with Crippen molar-refractivity contribution in [3.05, 3.63) is 65.2 Å². The zero-order valence-electron chi connectivity index (χ0n) is 17.6. The monoisotopic (exact) mass is 407 g/mol. The van der Waals surface area contributed by atoms with Crippen molar-refractivity contribution < 1.29 is 14.6 Å². The number of hydrogen-bond acceptors (Lipinski definition) is 6. The average molecular weight is 408 g/mol. The summed E-state index contributed by atoms with van der Waals surface area (Å²) in [5.41, 5.74) is 2.44. The van der Waals surface area contributed by atoms with Gasteiger partial charge in [-0.2, -0.15) is 5.26 Å². The fourth-order valence-electron chi connectivity index (χ4n) is 4.20. The molecule has 1 heterocycles. The molecule has 1 saturated heterocycles. The largest absolute Gasteiger partial charge is 0.465 e. The van der Waals surface area contributed by atoms with E-state index in [-0.39, 0.29) is 12.0 Å². The van der Waals surface area contributed by atoms with Crippen molar-refractivity contribution >= 4 is 11.7 Å². The molecule has 1 unspecified atom stereocenters. The lowest BCUT2D eigenvalue weighted by molar-refractivity contribution is -0.0167. The molecule has 1 aliphatic heterocycles. The maximum absolute atomic E-state index is 11.7. The number of aryl methyl sites for hydroxylation is 1. The molecule has 1 aliphatic rings. The standard InChI is InChI=1S/C24H29N3O3/c1-27(21-10-8-20(9-11-21)23(28)30-2)22(24(29)13-15-26-16-14-24)12-7-18-3-5-19(17-25)6-4-18/h3-6,8-11,22,26,29H,7,12-16H2,1-2H3. The lowest BCUT2D eigenvalue weighted by Gasteiger charge is -2.45. The normalized spacial score (nSPS) is 16.3. The molecule has 6 nitrogen and oxygen atoms in total. The van der Waals surface area contributed by atoms with Gasteiger partial charge in [0, 0.05) is 12.7 Å². The summed E-state index contributed by atoms with van der Waals surface area (Å²) in [6.07, 6.45) is 2.96. The molecular weight excluding hydrogens is 378 g/mol. The second kappa shape index (κ2) is 9.75. The summed E-state index contributed by atoms with van der Waals surface area (Å²) >= 11 is 0. The number of ether oxygens (including phenoxy) is 1. The molecule has 0 radical (unpaired) electrons. The minimum absolute atomic E-state index is 0.0841. The van der Waals surface area contributed by atoms with E-state index in [4.69, 9.17) is 10.00 Å². The van der Waals surface area contributed by atoms with Gasteiger partial charge in [0.15, 0.2) is 0 Å². The quantitative estimate of drug-likeness (QED) is 0.687. The lowest BCUT2D eigenvalue weighted by Crippen LogP contribution is -2.56. The summed E-state index contributed by atoms with van der Waals surface area (Å²) in [6.45, 7) is 1.58. The Morgan fingerprint density at radius 2 is 1.83 bits per heavy atom. The molecule has 2 aromatic carbocycles. The molecule has 158 valence electrons. The Morgan fingerprint density at radius 1 is 1.20 bits per heavy atom. The number of likely N-dealkylation sites (N-methyl/N-ethyl adjacent to an activating group) is 1. The van der Waals surface area contributed by atoms with Crippen LogP contribution in [-0.4, -0.2) is 50.0 Å². The number of nitrogens with zero attached hydrogens (tertiary/aromatic N) is 2. The van der Waals surface area contributed by atoms with Crippen LogP contribution in [0.5, 0.6) is 0 Å². The number of carbonyl (C=O) groups is 1. The third-order valence-corrected chi connectivity index (χ3v) is 6.04. The molecule has 2 aromatic rings. The van der Waals surface area contributed by atoms with Gasteiger partial charge in [-0.15, -0.1) is 0 Å². The fraction of sp³-hybridized carbons (Fsp3) is 0.417. The number of methoxy groups -OCH3 is 1. The highest BCUT2D eigenvalue weighted by Gasteiger charge is 2.40. The van der Waals surface area contributed by atoms with Gasteiger partial charge < -0.3 is 20.1 Å². The molecule has 3 rings (SSSR count). The van der Waals surface area contributed by atoms with E-state index < -0.39 is 5.60 Å². The highest BCUT2D eigenvalue weighted by molar-refractivity contribution is 5.89. The first-order valence-electron chi connectivity index (χ1n) is 10.3. The Balaban J connectivity index is 1.81. The van der Waals surface area contributed by atoms with Crippen molar-refractivity contribution in [3.63, 3.8) is 0 Å². The van der Waals surface area contributed by atoms with Crippen LogP contribution in [0.25, 0.3) is 0 Å². The van der Waals surface area contributed by atoms with E-state index in [1.165, 1.54) is 7.11 Å². The summed E-state index contributed by atoms with van der Waals surface area (Å²) in [6, 6.07) is 17.0. The number of rotatable bonds is 7. The van der Waals surface area contributed by atoms with Crippen molar-refractivity contribution in [2.24, 2.45) is 0 Å². The van der Waals surface area contributed by atoms with E-state index in [1.807, 2.05) is 43.4 Å². The van der Waals surface area contributed by atoms with Crippen LogP contribution in [-0.2, 0) is 11.2 Å². The predicted molar refractivity (Wildman–Crippen MR) is 117 cm³/mol. The molecule has 6 heteroatoms. The van der Waals surface area contributed by atoms with Gasteiger partial charge in [0.1, 0.15) is 0 Å². The van der Waals surface area contributed by atoms with Gasteiger partial charge in [-0.25, -0.2) is 4.79 Å². The van der Waals surface area contributed by atoms with Crippen LogP contribution in [0.1, 0.15) is 40.7 Å². The second-order valence-corrected chi connectivity index (χ2v) is 7.87. The number of aliphatic hydroxyl groups is 1. The van der Waals surface area contributed by atoms with E-state index in [1.54, 1.807) is 12.1 Å². The highest BCUT2D eigenvalue weighted by Crippen LogP contribution is 2.32. The number of hydrogen-bond donors (Lipinski definition) is 2. The van der Waals surface area contributed by atoms with E-state index in [2.05, 4.69) is 16.3 Å². The van der Waals surface area contributed by atoms with E-state index in [0.29, 0.717) is 24.0 Å². The maximum Gasteiger partial charge on any atom is 0.337 e. The van der Waals surface area contributed by atoms with Crippen molar-refractivity contribution in [1.82, 2.24) is 5.32 Å². The smallest absolute Gasteiger partial charge is 0.337 e. The highest BCUT2D eigenvalue weighted by atomic mass is 16.5. The van der Waals surface area contributed by atoms with Gasteiger partial charge >= 0.3 is 5.97 Å². The molecule has 0 bridgehead atoms. The Hall–Kier alpha value is -2.88. The minimum Gasteiger partial charge on any atom is -0.465 e. The summed E-state index contributed by atoms with van der Waals surface area (Å²) in [4.78, 5) is 13.9. The number of nitriles is 1. The van der Waals surface area contributed by atoms with Crippen LogP contribution in [0.3, 0.4) is 0 Å². The van der Waals surface area contributed by atoms with Gasteiger partial charge in [-0.05, 0) is 80.7 Å². The summed E-state index contributed by atoms with van der Waals surface area (Å²) < 4.78 is 4.78. The first-order chi connectivity index (χ1) is 14.5. The number of benzene rings is 2. The van der Waals surface area contributed by atoms with Gasteiger partial charge in [0.25, 0.3) is 0 Å². The third-order valence-electron chi connectivity index (χ3n) is 6.04.